The molecule has 6 heterocycles. The molecule has 2 aromatic carbocycles. The van der Waals surface area contributed by atoms with Crippen LogP contribution >= 0.6 is 22.7 Å². The van der Waals surface area contributed by atoms with Crippen molar-refractivity contribution in [3.8, 4) is 11.1 Å². The maximum absolute atomic E-state index is 14.1. The molecule has 302 valence electrons. The fourth-order valence-electron chi connectivity index (χ4n) is 9.31. The lowest BCUT2D eigenvalue weighted by molar-refractivity contribution is 0.0981. The largest absolute Gasteiger partial charge is 0.453 e. The molecule has 0 atom stereocenters. The van der Waals surface area contributed by atoms with E-state index in [4.69, 9.17) is 19.4 Å². The minimum atomic E-state index is -0.391. The molecule has 2 aromatic heterocycles. The van der Waals surface area contributed by atoms with Crippen LogP contribution in [0.3, 0.4) is 0 Å². The summed E-state index contributed by atoms with van der Waals surface area (Å²) in [5, 5.41) is 7.07. The van der Waals surface area contributed by atoms with E-state index in [1.807, 2.05) is 34.1 Å². The summed E-state index contributed by atoms with van der Waals surface area (Å²) in [5.41, 5.74) is 7.86. The molecule has 2 N–H and O–H groups in total. The van der Waals surface area contributed by atoms with Gasteiger partial charge in [0.15, 0.2) is 10.0 Å². The van der Waals surface area contributed by atoms with Crippen molar-refractivity contribution in [1.29, 1.82) is 0 Å². The smallest absolute Gasteiger partial charge is 0.407 e. The molecule has 10 rings (SSSR count). The molecule has 14 nitrogen and oxygen atoms in total. The number of hydrogen-bond acceptors (Lipinski definition) is 12. The molecule has 16 heteroatoms. The molecule has 4 aliphatic heterocycles. The van der Waals surface area contributed by atoms with Gasteiger partial charge in [-0.2, -0.15) is 0 Å². The molecule has 0 unspecified atom stereocenters. The van der Waals surface area contributed by atoms with Crippen LogP contribution in [0.5, 0.6) is 0 Å². The summed E-state index contributed by atoms with van der Waals surface area (Å²) in [6.07, 6.45) is 5.98. The Labute approximate surface area is 344 Å². The first kappa shape index (κ1) is 37.4. The first-order valence-corrected chi connectivity index (χ1v) is 21.8. The van der Waals surface area contributed by atoms with Gasteiger partial charge in [0.2, 0.25) is 0 Å². The van der Waals surface area contributed by atoms with Gasteiger partial charge in [0.1, 0.15) is 0 Å². The molecule has 0 spiro atoms. The highest BCUT2D eigenvalue weighted by atomic mass is 32.1. The SMILES string of the molecule is COC(=O)NC1(CN2CCc3nc(C(=O)N4CCc5c(-c6cccc7c6CCN7C(=O)c6nc7c(s6)CN(CC6(NC(=O)OC)CC6)CC7)cccc54)sc3C2)CC1. The van der Waals surface area contributed by atoms with Gasteiger partial charge in [0.25, 0.3) is 11.8 Å². The average molecular weight is 823 g/mol. The molecular formula is C42H46N8O6S2. The maximum atomic E-state index is 14.1. The number of fused-ring (bicyclic) bond motifs is 4. The summed E-state index contributed by atoms with van der Waals surface area (Å²) >= 11 is 2.98. The molecule has 0 radical (unpaired) electrons. The predicted octanol–water partition coefficient (Wildman–Crippen LogP) is 5.17. The van der Waals surface area contributed by atoms with Crippen LogP contribution in [0.2, 0.25) is 0 Å². The number of aromatic nitrogens is 2. The van der Waals surface area contributed by atoms with Gasteiger partial charge in [-0.3, -0.25) is 19.4 Å². The summed E-state index contributed by atoms with van der Waals surface area (Å²) in [6, 6.07) is 12.4. The molecule has 58 heavy (non-hydrogen) atoms. The zero-order valence-corrected chi connectivity index (χ0v) is 34.4. The third kappa shape index (κ3) is 6.82. The Bertz CT molecular complexity index is 2190. The normalized spacial score (nSPS) is 19.8. The summed E-state index contributed by atoms with van der Waals surface area (Å²) in [6.45, 7) is 5.77. The quantitative estimate of drug-likeness (QED) is 0.232. The lowest BCUT2D eigenvalue weighted by atomic mass is 9.93. The number of nitrogens with one attached hydrogen (secondary N) is 2. The van der Waals surface area contributed by atoms with Crippen molar-refractivity contribution in [2.75, 3.05) is 63.3 Å². The highest BCUT2D eigenvalue weighted by molar-refractivity contribution is 7.14. The number of nitrogens with zero attached hydrogens (tertiary/aromatic N) is 6. The zero-order valence-electron chi connectivity index (χ0n) is 32.7. The number of thiazole rings is 2. The summed E-state index contributed by atoms with van der Waals surface area (Å²) in [4.78, 5) is 72.4. The molecule has 4 aromatic rings. The predicted molar refractivity (Wildman–Crippen MR) is 220 cm³/mol. The van der Waals surface area contributed by atoms with Crippen LogP contribution in [-0.4, -0.2) is 108 Å². The lowest BCUT2D eigenvalue weighted by Crippen LogP contribution is -2.47. The van der Waals surface area contributed by atoms with Crippen molar-refractivity contribution in [1.82, 2.24) is 30.4 Å². The number of carbonyl (C=O) groups excluding carboxylic acids is 4. The number of ether oxygens (including phenoxy) is 2. The van der Waals surface area contributed by atoms with Crippen LogP contribution in [0, 0.1) is 0 Å². The monoisotopic (exact) mass is 822 g/mol. The number of rotatable bonds is 9. The second-order valence-corrected chi connectivity index (χ2v) is 18.7. The molecule has 2 fully saturated rings. The Morgan fingerprint density at radius 1 is 0.638 bits per heavy atom. The van der Waals surface area contributed by atoms with E-state index >= 15 is 0 Å². The molecule has 4 amide bonds. The Morgan fingerprint density at radius 2 is 1.07 bits per heavy atom. The Kier molecular flexibility index (Phi) is 9.30. The van der Waals surface area contributed by atoms with E-state index in [1.165, 1.54) is 36.9 Å². The fourth-order valence-corrected chi connectivity index (χ4v) is 11.5. The zero-order chi connectivity index (χ0) is 39.8. The van der Waals surface area contributed by atoms with Gasteiger partial charge in [-0.05, 0) is 72.9 Å². The summed E-state index contributed by atoms with van der Waals surface area (Å²) in [7, 11) is 2.78. The van der Waals surface area contributed by atoms with Crippen LogP contribution in [0.15, 0.2) is 36.4 Å². The number of carbonyl (C=O) groups is 4. The molecule has 0 saturated heterocycles. The van der Waals surface area contributed by atoms with Crippen molar-refractivity contribution in [2.45, 2.75) is 75.5 Å². The third-order valence-electron chi connectivity index (χ3n) is 12.7. The number of methoxy groups -OCH3 is 2. The van der Waals surface area contributed by atoms with Gasteiger partial charge in [-0.25, -0.2) is 19.6 Å². The first-order valence-electron chi connectivity index (χ1n) is 20.2. The van der Waals surface area contributed by atoms with Crippen LogP contribution in [0.25, 0.3) is 11.1 Å². The van der Waals surface area contributed by atoms with Crippen LogP contribution in [0.4, 0.5) is 21.0 Å². The van der Waals surface area contributed by atoms with Crippen molar-refractivity contribution in [2.24, 2.45) is 0 Å². The topological polar surface area (TPSA) is 150 Å². The van der Waals surface area contributed by atoms with Crippen molar-refractivity contribution < 1.29 is 28.7 Å². The summed E-state index contributed by atoms with van der Waals surface area (Å²) < 4.78 is 9.69. The van der Waals surface area contributed by atoms with Gasteiger partial charge in [0, 0.05) is 86.3 Å². The minimum absolute atomic E-state index is 0.0675. The van der Waals surface area contributed by atoms with Crippen LogP contribution < -0.4 is 20.4 Å². The van der Waals surface area contributed by atoms with Crippen LogP contribution in [-0.2, 0) is 48.2 Å². The van der Waals surface area contributed by atoms with Crippen molar-refractivity contribution in [3.05, 3.63) is 78.7 Å². The molecule has 6 aliphatic rings. The maximum Gasteiger partial charge on any atom is 0.407 e. The number of hydrogen-bond donors (Lipinski definition) is 2. The van der Waals surface area contributed by atoms with E-state index in [9.17, 15) is 19.2 Å². The van der Waals surface area contributed by atoms with Gasteiger partial charge >= 0.3 is 12.2 Å². The average Bonchev–Trinajstić information content (AvgIpc) is 3.81. The van der Waals surface area contributed by atoms with E-state index < -0.39 is 12.2 Å². The Morgan fingerprint density at radius 3 is 1.47 bits per heavy atom. The number of amides is 4. The first-order chi connectivity index (χ1) is 28.1. The Balaban J connectivity index is 0.831. The fraction of sp³-hybridized carbons (Fsp3) is 0.476. The highest BCUT2D eigenvalue weighted by Crippen LogP contribution is 2.44. The van der Waals surface area contributed by atoms with Gasteiger partial charge in [0.05, 0.1) is 36.7 Å². The highest BCUT2D eigenvalue weighted by Gasteiger charge is 2.47. The van der Waals surface area contributed by atoms with E-state index in [0.29, 0.717) is 36.2 Å². The van der Waals surface area contributed by atoms with Gasteiger partial charge in [-0.15, -0.1) is 22.7 Å². The molecule has 2 aliphatic carbocycles. The van der Waals surface area contributed by atoms with E-state index in [-0.39, 0.29) is 22.9 Å². The molecular weight excluding hydrogens is 777 g/mol. The summed E-state index contributed by atoms with van der Waals surface area (Å²) in [5.74, 6) is -0.135. The minimum Gasteiger partial charge on any atom is -0.453 e. The number of anilines is 2. The Hall–Kier alpha value is -4.90. The van der Waals surface area contributed by atoms with Crippen molar-refractivity contribution >= 4 is 58.0 Å². The molecule has 2 saturated carbocycles. The van der Waals surface area contributed by atoms with Gasteiger partial charge in [-0.1, -0.05) is 24.3 Å². The lowest BCUT2D eigenvalue weighted by Gasteiger charge is -2.30. The van der Waals surface area contributed by atoms with Gasteiger partial charge < -0.3 is 29.9 Å². The van der Waals surface area contributed by atoms with Crippen molar-refractivity contribution in [3.63, 3.8) is 0 Å². The number of benzene rings is 2. The van der Waals surface area contributed by atoms with E-state index in [1.54, 1.807) is 0 Å². The standard InChI is InChI=1S/C42H46N8O6S2/c1-55-39(53)45-41(13-14-41)23-47-17-11-29-33(21-47)57-35(43-29)37(51)49-19-9-27-25(5-3-7-31(27)49)26-6-4-8-32-28(26)10-20-50(32)38(52)36-44-30-12-18-48(22-34(30)58-36)24-42(15-16-42)46-40(54)56-2/h3-8H,9-24H2,1-2H3,(H,45,53)(H,46,54). The van der Waals surface area contributed by atoms with E-state index in [2.05, 4.69) is 32.6 Å². The second-order valence-electron chi connectivity index (χ2n) is 16.5. The number of alkyl carbamates (subject to hydrolysis) is 2. The second kappa shape index (κ2) is 14.4. The molecule has 0 bridgehead atoms. The van der Waals surface area contributed by atoms with E-state index in [0.717, 1.165) is 132 Å². The third-order valence-corrected chi connectivity index (χ3v) is 14.8. The van der Waals surface area contributed by atoms with Crippen LogP contribution in [0.1, 0.15) is 77.6 Å².